The van der Waals surface area contributed by atoms with Crippen molar-refractivity contribution >= 4 is 10.9 Å². The van der Waals surface area contributed by atoms with Crippen LogP contribution in [0.1, 0.15) is 18.4 Å². The van der Waals surface area contributed by atoms with Crippen LogP contribution in [0.3, 0.4) is 0 Å². The maximum absolute atomic E-state index is 13.1. The van der Waals surface area contributed by atoms with Crippen LogP contribution in [0.15, 0.2) is 24.3 Å². The van der Waals surface area contributed by atoms with E-state index in [1.165, 1.54) is 6.07 Å². The molecule has 2 aromatic rings. The number of ether oxygens (including phenoxy) is 1. The van der Waals surface area contributed by atoms with Gasteiger partial charge in [-0.1, -0.05) is 0 Å². The van der Waals surface area contributed by atoms with Gasteiger partial charge in [-0.2, -0.15) is 4.39 Å². The fourth-order valence-corrected chi connectivity index (χ4v) is 1.78. The lowest BCUT2D eigenvalue weighted by Gasteiger charge is -2.08. The molecule has 2 nitrogen and oxygen atoms in total. The summed E-state index contributed by atoms with van der Waals surface area (Å²) in [6.07, 6.45) is 2.48. The first-order valence-electron chi connectivity index (χ1n) is 5.46. The highest BCUT2D eigenvalue weighted by Gasteiger charge is 2.24. The molecule has 0 spiro atoms. The third kappa shape index (κ3) is 1.73. The molecule has 1 fully saturated rings. The number of nitrogens with zero attached hydrogens (tertiary/aromatic N) is 1. The topological polar surface area (TPSA) is 22.1 Å². The molecule has 3 rings (SSSR count). The SMILES string of the molecule is Cc1cc(OC2CC2)c2nc(F)ccc2c1. The van der Waals surface area contributed by atoms with Crippen LogP contribution in [-0.4, -0.2) is 11.1 Å². The fourth-order valence-electron chi connectivity index (χ4n) is 1.78. The zero-order chi connectivity index (χ0) is 11.1. The first-order chi connectivity index (χ1) is 7.72. The number of hydrogen-bond acceptors (Lipinski definition) is 2. The number of benzene rings is 1. The summed E-state index contributed by atoms with van der Waals surface area (Å²) >= 11 is 0. The Bertz CT molecular complexity index is 549. The summed E-state index contributed by atoms with van der Waals surface area (Å²) in [4.78, 5) is 3.91. The van der Waals surface area contributed by atoms with E-state index in [-0.39, 0.29) is 0 Å². The molecule has 1 aliphatic rings. The first-order valence-corrected chi connectivity index (χ1v) is 5.46. The summed E-state index contributed by atoms with van der Waals surface area (Å²) in [6.45, 7) is 2.00. The summed E-state index contributed by atoms with van der Waals surface area (Å²) in [5.41, 5.74) is 1.73. The molecule has 0 saturated heterocycles. The van der Waals surface area contributed by atoms with Crippen molar-refractivity contribution in [1.82, 2.24) is 4.98 Å². The Kier molecular flexibility index (Phi) is 2.06. The van der Waals surface area contributed by atoms with Crippen molar-refractivity contribution < 1.29 is 9.13 Å². The lowest BCUT2D eigenvalue weighted by atomic mass is 10.1. The zero-order valence-electron chi connectivity index (χ0n) is 9.03. The number of halogens is 1. The van der Waals surface area contributed by atoms with E-state index >= 15 is 0 Å². The van der Waals surface area contributed by atoms with Gasteiger partial charge >= 0.3 is 0 Å². The van der Waals surface area contributed by atoms with E-state index in [1.54, 1.807) is 6.07 Å². The highest BCUT2D eigenvalue weighted by molar-refractivity contribution is 5.85. The predicted octanol–water partition coefficient (Wildman–Crippen LogP) is 3.22. The minimum atomic E-state index is -0.461. The third-order valence-corrected chi connectivity index (χ3v) is 2.69. The van der Waals surface area contributed by atoms with Crippen LogP contribution in [-0.2, 0) is 0 Å². The van der Waals surface area contributed by atoms with Gasteiger partial charge in [0.2, 0.25) is 5.95 Å². The molecule has 16 heavy (non-hydrogen) atoms. The first kappa shape index (κ1) is 9.58. The van der Waals surface area contributed by atoms with E-state index in [0.29, 0.717) is 17.4 Å². The molecule has 0 radical (unpaired) electrons. The molecule has 0 bridgehead atoms. The molecule has 82 valence electrons. The Morgan fingerprint density at radius 1 is 1.31 bits per heavy atom. The fraction of sp³-hybridized carbons (Fsp3) is 0.308. The lowest BCUT2D eigenvalue weighted by molar-refractivity contribution is 0.306. The van der Waals surface area contributed by atoms with Crippen molar-refractivity contribution in [2.45, 2.75) is 25.9 Å². The molecule has 1 aliphatic carbocycles. The van der Waals surface area contributed by atoms with Gasteiger partial charge in [-0.15, -0.1) is 0 Å². The molecule has 0 atom stereocenters. The van der Waals surface area contributed by atoms with Crippen LogP contribution in [0.5, 0.6) is 5.75 Å². The van der Waals surface area contributed by atoms with Crippen LogP contribution < -0.4 is 4.74 Å². The van der Waals surface area contributed by atoms with Gasteiger partial charge in [-0.05, 0) is 49.6 Å². The number of aryl methyl sites for hydroxylation is 1. The summed E-state index contributed by atoms with van der Waals surface area (Å²) in [5.74, 6) is 0.244. The molecule has 3 heteroatoms. The van der Waals surface area contributed by atoms with E-state index in [9.17, 15) is 4.39 Å². The Hall–Kier alpha value is -1.64. The van der Waals surface area contributed by atoms with E-state index in [0.717, 1.165) is 23.8 Å². The number of pyridine rings is 1. The maximum Gasteiger partial charge on any atom is 0.213 e. The van der Waals surface area contributed by atoms with Gasteiger partial charge in [0.25, 0.3) is 0 Å². The Labute approximate surface area is 93.1 Å². The number of fused-ring (bicyclic) bond motifs is 1. The molecule has 0 unspecified atom stereocenters. The molecule has 1 heterocycles. The normalized spacial score (nSPS) is 15.4. The van der Waals surface area contributed by atoms with Gasteiger partial charge in [0.1, 0.15) is 11.3 Å². The van der Waals surface area contributed by atoms with E-state index in [4.69, 9.17) is 4.74 Å². The van der Waals surface area contributed by atoms with Crippen LogP contribution in [0.25, 0.3) is 10.9 Å². The highest BCUT2D eigenvalue weighted by atomic mass is 19.1. The van der Waals surface area contributed by atoms with Crippen molar-refractivity contribution in [2.24, 2.45) is 0 Å². The van der Waals surface area contributed by atoms with Gasteiger partial charge in [0.05, 0.1) is 6.10 Å². The monoisotopic (exact) mass is 217 g/mol. The second kappa shape index (κ2) is 3.44. The maximum atomic E-state index is 13.1. The molecular weight excluding hydrogens is 205 g/mol. The molecule has 1 aromatic carbocycles. The van der Waals surface area contributed by atoms with Gasteiger partial charge in [-0.25, -0.2) is 4.98 Å². The van der Waals surface area contributed by atoms with Gasteiger partial charge in [0, 0.05) is 5.39 Å². The molecule has 1 saturated carbocycles. The molecule has 1 aromatic heterocycles. The number of aromatic nitrogens is 1. The zero-order valence-corrected chi connectivity index (χ0v) is 9.03. The standard InChI is InChI=1S/C13H12FNO/c1-8-6-9-2-5-12(14)15-13(9)11(7-8)16-10-3-4-10/h2,5-7,10H,3-4H2,1H3. The molecular formula is C13H12FNO. The molecule has 0 N–H and O–H groups in total. The van der Waals surface area contributed by atoms with Gasteiger partial charge in [0.15, 0.2) is 0 Å². The molecule has 0 aliphatic heterocycles. The van der Waals surface area contributed by atoms with Crippen LogP contribution in [0.4, 0.5) is 4.39 Å². The van der Waals surface area contributed by atoms with E-state index in [1.807, 2.05) is 19.1 Å². The van der Waals surface area contributed by atoms with Crippen molar-refractivity contribution in [3.05, 3.63) is 35.8 Å². The van der Waals surface area contributed by atoms with Crippen LogP contribution in [0, 0.1) is 12.9 Å². The smallest absolute Gasteiger partial charge is 0.213 e. The van der Waals surface area contributed by atoms with Crippen molar-refractivity contribution in [1.29, 1.82) is 0 Å². The van der Waals surface area contributed by atoms with E-state index in [2.05, 4.69) is 4.98 Å². The highest BCUT2D eigenvalue weighted by Crippen LogP contribution is 2.32. The quantitative estimate of drug-likeness (QED) is 0.720. The average molecular weight is 217 g/mol. The molecule has 0 amide bonds. The second-order valence-electron chi connectivity index (χ2n) is 4.29. The Morgan fingerprint density at radius 2 is 2.12 bits per heavy atom. The summed E-state index contributed by atoms with van der Waals surface area (Å²) in [7, 11) is 0. The van der Waals surface area contributed by atoms with Gasteiger partial charge < -0.3 is 4.74 Å². The van der Waals surface area contributed by atoms with Crippen LogP contribution >= 0.6 is 0 Å². The van der Waals surface area contributed by atoms with E-state index < -0.39 is 5.95 Å². The Morgan fingerprint density at radius 3 is 2.88 bits per heavy atom. The van der Waals surface area contributed by atoms with Crippen molar-refractivity contribution in [3.8, 4) is 5.75 Å². The third-order valence-electron chi connectivity index (χ3n) is 2.69. The summed E-state index contributed by atoms with van der Waals surface area (Å²) in [6, 6.07) is 7.03. The Balaban J connectivity index is 2.18. The minimum absolute atomic E-state index is 0.301. The lowest BCUT2D eigenvalue weighted by Crippen LogP contribution is -1.98. The predicted molar refractivity (Wildman–Crippen MR) is 60.1 cm³/mol. The largest absolute Gasteiger partial charge is 0.488 e. The summed E-state index contributed by atoms with van der Waals surface area (Å²) < 4.78 is 18.8. The number of rotatable bonds is 2. The average Bonchev–Trinajstić information content (AvgIpc) is 3.03. The number of hydrogen-bond donors (Lipinski definition) is 0. The van der Waals surface area contributed by atoms with Crippen LogP contribution in [0.2, 0.25) is 0 Å². The van der Waals surface area contributed by atoms with Crippen molar-refractivity contribution in [3.63, 3.8) is 0 Å². The summed E-state index contributed by atoms with van der Waals surface area (Å²) in [5, 5.41) is 0.928. The van der Waals surface area contributed by atoms with Crippen molar-refractivity contribution in [2.75, 3.05) is 0 Å². The second-order valence-corrected chi connectivity index (χ2v) is 4.29. The minimum Gasteiger partial charge on any atom is -0.488 e. The van der Waals surface area contributed by atoms with Gasteiger partial charge in [-0.3, -0.25) is 0 Å².